The van der Waals surface area contributed by atoms with E-state index in [-0.39, 0.29) is 12.1 Å². The first-order valence-electron chi connectivity index (χ1n) is 11.3. The van der Waals surface area contributed by atoms with Crippen molar-refractivity contribution < 1.29 is 13.7 Å². The third kappa shape index (κ3) is 5.05. The third-order valence-corrected chi connectivity index (χ3v) is 5.62. The summed E-state index contributed by atoms with van der Waals surface area (Å²) in [4.78, 5) is 16.3. The van der Waals surface area contributed by atoms with E-state index in [1.54, 1.807) is 18.2 Å². The number of nitrogens with zero attached hydrogens (tertiary/aromatic N) is 5. The van der Waals surface area contributed by atoms with Crippen LogP contribution in [-0.4, -0.2) is 24.9 Å². The summed E-state index contributed by atoms with van der Waals surface area (Å²) >= 11 is 0. The average Bonchev–Trinajstić information content (AvgIpc) is 3.43. The minimum Gasteiger partial charge on any atom is -0.457 e. The molecule has 9 heteroatoms. The van der Waals surface area contributed by atoms with Crippen molar-refractivity contribution in [3.63, 3.8) is 0 Å². The van der Waals surface area contributed by atoms with Crippen LogP contribution >= 0.6 is 0 Å². The van der Waals surface area contributed by atoms with Gasteiger partial charge in [0, 0.05) is 29.0 Å². The van der Waals surface area contributed by atoms with Gasteiger partial charge in [-0.1, -0.05) is 25.1 Å². The highest BCUT2D eigenvalue weighted by molar-refractivity contribution is 5.61. The Balaban J connectivity index is 1.45. The van der Waals surface area contributed by atoms with Crippen molar-refractivity contribution in [2.45, 2.75) is 26.3 Å². The van der Waals surface area contributed by atoms with Crippen LogP contribution in [-0.2, 0) is 6.54 Å². The van der Waals surface area contributed by atoms with Gasteiger partial charge in [0.15, 0.2) is 6.33 Å². The van der Waals surface area contributed by atoms with Crippen LogP contribution in [0.5, 0.6) is 11.5 Å². The summed E-state index contributed by atoms with van der Waals surface area (Å²) < 4.78 is 26.4. The second kappa shape index (κ2) is 9.91. The Morgan fingerprint density at radius 3 is 2.47 bits per heavy atom. The molecular weight excluding hydrogens is 461 g/mol. The fourth-order valence-corrected chi connectivity index (χ4v) is 3.65. The summed E-state index contributed by atoms with van der Waals surface area (Å²) in [6, 6.07) is 19.0. The van der Waals surface area contributed by atoms with Gasteiger partial charge < -0.3 is 13.8 Å². The molecule has 0 fully saturated rings. The maximum Gasteiger partial charge on any atom is 0.257 e. The zero-order chi connectivity index (χ0) is 25.1. The van der Waals surface area contributed by atoms with E-state index >= 15 is 0 Å². The maximum atomic E-state index is 13.8. The molecule has 0 aliphatic carbocycles. The van der Waals surface area contributed by atoms with Gasteiger partial charge in [0.1, 0.15) is 17.3 Å². The van der Waals surface area contributed by atoms with E-state index in [9.17, 15) is 9.18 Å². The predicted octanol–water partition coefficient (Wildman–Crippen LogP) is 5.46. The van der Waals surface area contributed by atoms with Gasteiger partial charge in [0.2, 0.25) is 0 Å². The Labute approximate surface area is 206 Å². The highest BCUT2D eigenvalue weighted by Gasteiger charge is 2.13. The Morgan fingerprint density at radius 2 is 1.78 bits per heavy atom. The number of rotatable bonds is 7. The van der Waals surface area contributed by atoms with E-state index in [2.05, 4.69) is 34.2 Å². The quantitative estimate of drug-likeness (QED) is 0.303. The van der Waals surface area contributed by atoms with Gasteiger partial charge in [-0.2, -0.15) is 15.2 Å². The molecule has 3 heterocycles. The lowest BCUT2D eigenvalue weighted by Crippen LogP contribution is -2.19. The molecule has 0 aliphatic heterocycles. The Hall–Kier alpha value is -4.66. The van der Waals surface area contributed by atoms with E-state index < -0.39 is 5.82 Å². The van der Waals surface area contributed by atoms with Gasteiger partial charge in [0.05, 0.1) is 17.9 Å². The first kappa shape index (κ1) is 23.1. The summed E-state index contributed by atoms with van der Waals surface area (Å²) in [6.45, 7) is 4.26. The summed E-state index contributed by atoms with van der Waals surface area (Å²) in [5.41, 5.74) is 3.59. The molecule has 5 rings (SSSR count). The fraction of sp³-hybridized carbons (Fsp3) is 0.148. The van der Waals surface area contributed by atoms with Crippen molar-refractivity contribution in [2.24, 2.45) is 0 Å². The monoisotopic (exact) mass is 483 g/mol. The van der Waals surface area contributed by atoms with E-state index in [1.165, 1.54) is 23.2 Å². The highest BCUT2D eigenvalue weighted by Crippen LogP contribution is 2.32. The molecule has 3 aromatic heterocycles. The Kier molecular flexibility index (Phi) is 6.36. The molecule has 0 spiro atoms. The van der Waals surface area contributed by atoms with Crippen LogP contribution < -0.4 is 10.3 Å². The van der Waals surface area contributed by atoms with Gasteiger partial charge in [-0.15, -0.1) is 0 Å². The predicted molar refractivity (Wildman–Crippen MR) is 131 cm³/mol. The molecule has 0 saturated heterocycles. The molecule has 8 nitrogen and oxygen atoms in total. The SMILES string of the molecule is CC(C)c1ccc(-c2ccc(Oc3cc(-c4ncno4)ccc3Cn3cc(F)ccc3=O)cc2)nn1. The Bertz CT molecular complexity index is 1530. The van der Waals surface area contributed by atoms with Crippen LogP contribution in [0.2, 0.25) is 0 Å². The first-order chi connectivity index (χ1) is 17.5. The molecule has 0 N–H and O–H groups in total. The van der Waals surface area contributed by atoms with Crippen LogP contribution in [0.4, 0.5) is 4.39 Å². The molecule has 0 saturated carbocycles. The van der Waals surface area contributed by atoms with Gasteiger partial charge in [-0.25, -0.2) is 4.39 Å². The van der Waals surface area contributed by atoms with E-state index in [0.717, 1.165) is 23.0 Å². The maximum absolute atomic E-state index is 13.8. The van der Waals surface area contributed by atoms with Gasteiger partial charge in [-0.05, 0) is 60.5 Å². The lowest BCUT2D eigenvalue weighted by molar-refractivity contribution is 0.429. The highest BCUT2D eigenvalue weighted by atomic mass is 19.1. The van der Waals surface area contributed by atoms with Crippen molar-refractivity contribution in [1.29, 1.82) is 0 Å². The van der Waals surface area contributed by atoms with Crippen LogP contribution in [0.3, 0.4) is 0 Å². The zero-order valence-corrected chi connectivity index (χ0v) is 19.6. The second-order valence-electron chi connectivity index (χ2n) is 8.51. The number of pyridine rings is 1. The normalized spacial score (nSPS) is 11.1. The molecule has 0 bridgehead atoms. The molecule has 36 heavy (non-hydrogen) atoms. The molecule has 2 aromatic carbocycles. The number of halogens is 1. The number of aromatic nitrogens is 5. The molecule has 0 aliphatic rings. The van der Waals surface area contributed by atoms with Crippen molar-refractivity contribution >= 4 is 0 Å². The summed E-state index contributed by atoms with van der Waals surface area (Å²) in [6.07, 6.45) is 2.48. The number of hydrogen-bond acceptors (Lipinski definition) is 7. The van der Waals surface area contributed by atoms with Gasteiger partial charge in [0.25, 0.3) is 11.4 Å². The Morgan fingerprint density at radius 1 is 0.972 bits per heavy atom. The smallest absolute Gasteiger partial charge is 0.257 e. The largest absolute Gasteiger partial charge is 0.457 e. The van der Waals surface area contributed by atoms with E-state index in [4.69, 9.17) is 9.26 Å². The fourth-order valence-electron chi connectivity index (χ4n) is 3.65. The third-order valence-electron chi connectivity index (χ3n) is 5.62. The van der Waals surface area contributed by atoms with Crippen molar-refractivity contribution in [2.75, 3.05) is 0 Å². The van der Waals surface area contributed by atoms with E-state index in [1.807, 2.05) is 36.4 Å². The van der Waals surface area contributed by atoms with Crippen LogP contribution in [0.1, 0.15) is 31.0 Å². The lowest BCUT2D eigenvalue weighted by atomic mass is 10.1. The molecule has 0 atom stereocenters. The second-order valence-corrected chi connectivity index (χ2v) is 8.51. The zero-order valence-electron chi connectivity index (χ0n) is 19.6. The molecule has 5 aromatic rings. The van der Waals surface area contributed by atoms with Crippen LogP contribution in [0.15, 0.2) is 88.6 Å². The topological polar surface area (TPSA) is 95.9 Å². The minimum atomic E-state index is -0.500. The van der Waals surface area contributed by atoms with Gasteiger partial charge in [-0.3, -0.25) is 4.79 Å². The standard InChI is InChI=1S/C27H22FN5O3/c1-17(2)23-10-11-24(32-31-23)18-5-8-22(9-6-18)35-25-13-19(27-29-16-30-36-27)3-4-20(25)14-33-15-21(28)7-12-26(33)34/h3-13,15-17H,14H2,1-2H3. The lowest BCUT2D eigenvalue weighted by Gasteiger charge is -2.14. The van der Waals surface area contributed by atoms with Gasteiger partial charge >= 0.3 is 0 Å². The van der Waals surface area contributed by atoms with Crippen molar-refractivity contribution in [1.82, 2.24) is 24.9 Å². The summed E-state index contributed by atoms with van der Waals surface area (Å²) in [5, 5.41) is 12.3. The minimum absolute atomic E-state index is 0.117. The van der Waals surface area contributed by atoms with Crippen LogP contribution in [0.25, 0.3) is 22.7 Å². The van der Waals surface area contributed by atoms with Crippen molar-refractivity contribution in [3.8, 4) is 34.2 Å². The molecule has 180 valence electrons. The first-order valence-corrected chi connectivity index (χ1v) is 11.3. The summed E-state index contributed by atoms with van der Waals surface area (Å²) in [5.74, 6) is 1.17. The molecule has 0 amide bonds. The number of ether oxygens (including phenoxy) is 1. The van der Waals surface area contributed by atoms with Crippen molar-refractivity contribution in [3.05, 3.63) is 107 Å². The van der Waals surface area contributed by atoms with Crippen LogP contribution in [0, 0.1) is 5.82 Å². The molecule has 0 unspecified atom stereocenters. The number of benzene rings is 2. The molecular formula is C27H22FN5O3. The number of hydrogen-bond donors (Lipinski definition) is 0. The molecule has 0 radical (unpaired) electrons. The average molecular weight is 484 g/mol. The van der Waals surface area contributed by atoms with E-state index in [0.29, 0.717) is 34.4 Å². The summed E-state index contributed by atoms with van der Waals surface area (Å²) in [7, 11) is 0.